The Morgan fingerprint density at radius 2 is 1.56 bits per heavy atom. The van der Waals surface area contributed by atoms with Crippen molar-refractivity contribution in [3.05, 3.63) is 65.2 Å². The lowest BCUT2D eigenvalue weighted by molar-refractivity contribution is -0.0675. The Kier molecular flexibility index (Phi) is 8.00. The summed E-state index contributed by atoms with van der Waals surface area (Å²) in [6.45, 7) is 9.28. The van der Waals surface area contributed by atoms with Gasteiger partial charge in [0.2, 0.25) is 0 Å². The third-order valence-electron chi connectivity index (χ3n) is 4.70. The third kappa shape index (κ3) is 6.91. The number of unbranched alkanes of at least 4 members (excludes halogenated alkanes) is 1. The zero-order valence-corrected chi connectivity index (χ0v) is 16.1. The first kappa shape index (κ1) is 19.5. The monoisotopic (exact) mass is 340 g/mol. The summed E-state index contributed by atoms with van der Waals surface area (Å²) in [6, 6.07) is 17.2. The van der Waals surface area contributed by atoms with Crippen LogP contribution in [0, 0.1) is 6.92 Å². The third-order valence-corrected chi connectivity index (χ3v) is 4.70. The van der Waals surface area contributed by atoms with Crippen LogP contribution in [0.15, 0.2) is 48.5 Å². The second-order valence-corrected chi connectivity index (χ2v) is 6.88. The van der Waals surface area contributed by atoms with Crippen molar-refractivity contribution in [2.45, 2.75) is 65.6 Å². The van der Waals surface area contributed by atoms with Crippen LogP contribution in [0.1, 0.15) is 62.6 Å². The highest BCUT2D eigenvalue weighted by Gasteiger charge is 2.06. The quantitative estimate of drug-likeness (QED) is 0.375. The maximum Gasteiger partial charge on any atom is 0.196 e. The molecule has 0 radical (unpaired) electrons. The molecule has 0 N–H and O–H groups in total. The van der Waals surface area contributed by atoms with E-state index in [1.807, 2.05) is 19.1 Å². The Morgan fingerprint density at radius 1 is 0.880 bits per heavy atom. The summed E-state index contributed by atoms with van der Waals surface area (Å²) in [7, 11) is 0. The number of benzene rings is 2. The van der Waals surface area contributed by atoms with Gasteiger partial charge in [-0.05, 0) is 68.7 Å². The maximum atomic E-state index is 5.84. The molecule has 2 unspecified atom stereocenters. The van der Waals surface area contributed by atoms with Crippen LogP contribution in [-0.2, 0) is 11.2 Å². The second-order valence-electron chi connectivity index (χ2n) is 6.88. The average molecular weight is 341 g/mol. The van der Waals surface area contributed by atoms with Crippen LogP contribution < -0.4 is 4.74 Å². The summed E-state index contributed by atoms with van der Waals surface area (Å²) in [5.74, 6) is 1.47. The Hall–Kier alpha value is -1.80. The fourth-order valence-corrected chi connectivity index (χ4v) is 2.77. The molecule has 0 saturated carbocycles. The fourth-order valence-electron chi connectivity index (χ4n) is 2.77. The van der Waals surface area contributed by atoms with Crippen LogP contribution in [0.4, 0.5) is 0 Å². The summed E-state index contributed by atoms with van der Waals surface area (Å²) in [5.41, 5.74) is 4.08. The molecule has 2 aromatic rings. The zero-order valence-electron chi connectivity index (χ0n) is 16.1. The smallest absolute Gasteiger partial charge is 0.196 e. The van der Waals surface area contributed by atoms with Gasteiger partial charge in [0.1, 0.15) is 5.75 Å². The Labute approximate surface area is 153 Å². The van der Waals surface area contributed by atoms with E-state index in [1.165, 1.54) is 16.7 Å². The number of ether oxygens (including phenoxy) is 2. The summed E-state index contributed by atoms with van der Waals surface area (Å²) in [4.78, 5) is 0. The number of rotatable bonds is 10. The summed E-state index contributed by atoms with van der Waals surface area (Å²) in [5, 5.41) is 0. The largest absolute Gasteiger partial charge is 0.465 e. The van der Waals surface area contributed by atoms with E-state index in [0.29, 0.717) is 5.92 Å². The normalized spacial score (nSPS) is 13.4. The minimum atomic E-state index is -0.214. The molecular formula is C23H32O2. The van der Waals surface area contributed by atoms with Gasteiger partial charge in [-0.3, -0.25) is 0 Å². The van der Waals surface area contributed by atoms with Crippen LogP contribution in [0.3, 0.4) is 0 Å². The maximum absolute atomic E-state index is 5.84. The standard InChI is InChI=1S/C23H32O2/c1-5-19(3)22-13-15-23(16-14-22)25-20(4)24-17-7-6-8-21-11-9-18(2)10-12-21/h9-16,19-20H,5-8,17H2,1-4H3. The van der Waals surface area contributed by atoms with E-state index in [4.69, 9.17) is 9.47 Å². The number of aryl methyl sites for hydroxylation is 2. The van der Waals surface area contributed by atoms with Gasteiger partial charge in [-0.25, -0.2) is 0 Å². The van der Waals surface area contributed by atoms with Gasteiger partial charge in [0.15, 0.2) is 6.29 Å². The van der Waals surface area contributed by atoms with Gasteiger partial charge in [0, 0.05) is 0 Å². The molecule has 2 atom stereocenters. The highest BCUT2D eigenvalue weighted by Crippen LogP contribution is 2.22. The number of hydrogen-bond donors (Lipinski definition) is 0. The molecule has 0 aliphatic rings. The van der Waals surface area contributed by atoms with E-state index in [9.17, 15) is 0 Å². The molecule has 2 rings (SSSR count). The van der Waals surface area contributed by atoms with Crippen molar-refractivity contribution in [2.24, 2.45) is 0 Å². The lowest BCUT2D eigenvalue weighted by Gasteiger charge is -2.16. The lowest BCUT2D eigenvalue weighted by Crippen LogP contribution is -2.17. The van der Waals surface area contributed by atoms with E-state index in [2.05, 4.69) is 57.2 Å². The molecular weight excluding hydrogens is 308 g/mol. The van der Waals surface area contributed by atoms with Gasteiger partial charge in [0.05, 0.1) is 6.61 Å². The SMILES string of the molecule is CCC(C)c1ccc(OC(C)OCCCCc2ccc(C)cc2)cc1. The van der Waals surface area contributed by atoms with Crippen LogP contribution >= 0.6 is 0 Å². The van der Waals surface area contributed by atoms with Gasteiger partial charge in [-0.2, -0.15) is 0 Å². The predicted octanol–water partition coefficient (Wildman–Crippen LogP) is 6.27. The van der Waals surface area contributed by atoms with E-state index >= 15 is 0 Å². The topological polar surface area (TPSA) is 18.5 Å². The second kappa shape index (κ2) is 10.2. The minimum Gasteiger partial charge on any atom is -0.465 e. The minimum absolute atomic E-state index is 0.214. The summed E-state index contributed by atoms with van der Waals surface area (Å²) < 4.78 is 11.6. The van der Waals surface area contributed by atoms with Gasteiger partial charge in [-0.15, -0.1) is 0 Å². The van der Waals surface area contributed by atoms with Crippen molar-refractivity contribution < 1.29 is 9.47 Å². The molecule has 25 heavy (non-hydrogen) atoms. The molecule has 0 aliphatic carbocycles. The van der Waals surface area contributed by atoms with Crippen LogP contribution in [0.2, 0.25) is 0 Å². The first-order chi connectivity index (χ1) is 12.1. The molecule has 0 aromatic heterocycles. The van der Waals surface area contributed by atoms with Crippen LogP contribution in [0.5, 0.6) is 5.75 Å². The highest BCUT2D eigenvalue weighted by atomic mass is 16.7. The predicted molar refractivity (Wildman–Crippen MR) is 105 cm³/mol. The molecule has 0 saturated heterocycles. The van der Waals surface area contributed by atoms with Crippen molar-refractivity contribution in [1.29, 1.82) is 0 Å². The van der Waals surface area contributed by atoms with Crippen molar-refractivity contribution in [3.8, 4) is 5.75 Å². The van der Waals surface area contributed by atoms with Gasteiger partial charge < -0.3 is 9.47 Å². The summed E-state index contributed by atoms with van der Waals surface area (Å²) in [6.07, 6.45) is 4.24. The van der Waals surface area contributed by atoms with Crippen molar-refractivity contribution >= 4 is 0 Å². The van der Waals surface area contributed by atoms with Crippen molar-refractivity contribution in [3.63, 3.8) is 0 Å². The Bertz CT molecular complexity index is 601. The number of hydrogen-bond acceptors (Lipinski definition) is 2. The highest BCUT2D eigenvalue weighted by molar-refractivity contribution is 5.29. The zero-order chi connectivity index (χ0) is 18.1. The first-order valence-corrected chi connectivity index (χ1v) is 9.52. The molecule has 0 fully saturated rings. The van der Waals surface area contributed by atoms with Gasteiger partial charge in [0.25, 0.3) is 0 Å². The van der Waals surface area contributed by atoms with Gasteiger partial charge >= 0.3 is 0 Å². The molecule has 2 nitrogen and oxygen atoms in total. The molecule has 0 heterocycles. The van der Waals surface area contributed by atoms with Crippen LogP contribution in [-0.4, -0.2) is 12.9 Å². The van der Waals surface area contributed by atoms with Crippen LogP contribution in [0.25, 0.3) is 0 Å². The van der Waals surface area contributed by atoms with Crippen molar-refractivity contribution in [2.75, 3.05) is 6.61 Å². The van der Waals surface area contributed by atoms with E-state index in [0.717, 1.165) is 38.0 Å². The van der Waals surface area contributed by atoms with Gasteiger partial charge in [-0.1, -0.05) is 55.8 Å². The first-order valence-electron chi connectivity index (χ1n) is 9.52. The molecule has 2 heteroatoms. The average Bonchev–Trinajstić information content (AvgIpc) is 2.63. The Balaban J connectivity index is 1.63. The molecule has 0 amide bonds. The van der Waals surface area contributed by atoms with E-state index in [1.54, 1.807) is 0 Å². The summed E-state index contributed by atoms with van der Waals surface area (Å²) >= 11 is 0. The lowest BCUT2D eigenvalue weighted by atomic mass is 9.99. The Morgan fingerprint density at radius 3 is 2.20 bits per heavy atom. The molecule has 0 bridgehead atoms. The van der Waals surface area contributed by atoms with Crippen molar-refractivity contribution in [1.82, 2.24) is 0 Å². The van der Waals surface area contributed by atoms with E-state index in [-0.39, 0.29) is 6.29 Å². The fraction of sp³-hybridized carbons (Fsp3) is 0.478. The molecule has 136 valence electrons. The molecule has 2 aromatic carbocycles. The molecule has 0 aliphatic heterocycles. The molecule has 0 spiro atoms. The van der Waals surface area contributed by atoms with E-state index < -0.39 is 0 Å².